The smallest absolute Gasteiger partial charge is 0.0755 e. The van der Waals surface area contributed by atoms with E-state index < -0.39 is 0 Å². The molecule has 1 saturated heterocycles. The summed E-state index contributed by atoms with van der Waals surface area (Å²) in [4.78, 5) is 10.2. The second-order valence-corrected chi connectivity index (χ2v) is 8.02. The lowest BCUT2D eigenvalue weighted by atomic mass is 10.0. The molecule has 0 spiro atoms. The molecule has 2 heterocycles. The number of hydrogen-bond donors (Lipinski definition) is 0. The Hall–Kier alpha value is -2.55. The average molecular weight is 358 g/mol. The first-order chi connectivity index (χ1) is 13.2. The van der Waals surface area contributed by atoms with Crippen molar-refractivity contribution in [1.82, 2.24) is 4.98 Å². The fraction of sp³-hybridized carbons (Fsp3) is 0.375. The van der Waals surface area contributed by atoms with Gasteiger partial charge < -0.3 is 9.80 Å². The van der Waals surface area contributed by atoms with E-state index in [9.17, 15) is 0 Å². The average Bonchev–Trinajstić information content (AvgIpc) is 3.16. The first-order valence-corrected chi connectivity index (χ1v) is 10.2. The van der Waals surface area contributed by atoms with Gasteiger partial charge in [0, 0.05) is 42.9 Å². The van der Waals surface area contributed by atoms with E-state index in [2.05, 4.69) is 66.1 Å². The summed E-state index contributed by atoms with van der Waals surface area (Å²) in [6.45, 7) is 8.65. The van der Waals surface area contributed by atoms with E-state index in [1.54, 1.807) is 0 Å². The van der Waals surface area contributed by atoms with Crippen LogP contribution in [0.5, 0.6) is 0 Å². The van der Waals surface area contributed by atoms with E-state index in [0.29, 0.717) is 0 Å². The highest BCUT2D eigenvalue weighted by Gasteiger charge is 2.26. The molecule has 3 heteroatoms. The molecule has 0 saturated carbocycles. The van der Waals surface area contributed by atoms with Gasteiger partial charge in [-0.1, -0.05) is 35.9 Å². The van der Waals surface area contributed by atoms with Gasteiger partial charge in [-0.3, -0.25) is 4.98 Å². The number of hydrogen-bond acceptors (Lipinski definition) is 3. The SMILES string of the molecule is Cc1ccc(N2CCN(c3c4c(nc5c(C)cccc35)CCC4)CC2)cc1. The van der Waals surface area contributed by atoms with Gasteiger partial charge in [0.1, 0.15) is 0 Å². The largest absolute Gasteiger partial charge is 0.368 e. The number of benzene rings is 2. The van der Waals surface area contributed by atoms with Crippen molar-refractivity contribution < 1.29 is 0 Å². The van der Waals surface area contributed by atoms with E-state index in [4.69, 9.17) is 4.98 Å². The van der Waals surface area contributed by atoms with Crippen LogP contribution in [0.25, 0.3) is 10.9 Å². The van der Waals surface area contributed by atoms with E-state index in [1.165, 1.54) is 57.5 Å². The summed E-state index contributed by atoms with van der Waals surface area (Å²) in [5.74, 6) is 0. The van der Waals surface area contributed by atoms with Crippen LogP contribution < -0.4 is 9.80 Å². The molecule has 138 valence electrons. The summed E-state index contributed by atoms with van der Waals surface area (Å²) in [7, 11) is 0. The van der Waals surface area contributed by atoms with Gasteiger partial charge in [0.25, 0.3) is 0 Å². The summed E-state index contributed by atoms with van der Waals surface area (Å²) in [5.41, 5.74) is 9.49. The van der Waals surface area contributed by atoms with Gasteiger partial charge in [0.15, 0.2) is 0 Å². The molecule has 1 aliphatic carbocycles. The van der Waals surface area contributed by atoms with Crippen molar-refractivity contribution in [3.63, 3.8) is 0 Å². The minimum absolute atomic E-state index is 1.08. The van der Waals surface area contributed by atoms with Crippen LogP contribution in [0.2, 0.25) is 0 Å². The number of aromatic nitrogens is 1. The van der Waals surface area contributed by atoms with Crippen molar-refractivity contribution in [3.05, 3.63) is 64.8 Å². The fourth-order valence-corrected chi connectivity index (χ4v) is 4.71. The van der Waals surface area contributed by atoms with Gasteiger partial charge in [0.05, 0.1) is 11.2 Å². The zero-order valence-electron chi connectivity index (χ0n) is 16.3. The molecule has 1 fully saturated rings. The van der Waals surface area contributed by atoms with Gasteiger partial charge >= 0.3 is 0 Å². The molecule has 5 rings (SSSR count). The molecule has 0 amide bonds. The summed E-state index contributed by atoms with van der Waals surface area (Å²) in [5, 5.41) is 1.35. The van der Waals surface area contributed by atoms with Crippen LogP contribution >= 0.6 is 0 Å². The molecular formula is C24H27N3. The van der Waals surface area contributed by atoms with Crippen molar-refractivity contribution in [2.75, 3.05) is 36.0 Å². The van der Waals surface area contributed by atoms with Crippen molar-refractivity contribution in [1.29, 1.82) is 0 Å². The topological polar surface area (TPSA) is 19.4 Å². The van der Waals surface area contributed by atoms with Crippen LogP contribution in [0, 0.1) is 13.8 Å². The molecule has 0 unspecified atom stereocenters. The molecule has 0 N–H and O–H groups in total. The second kappa shape index (κ2) is 6.56. The van der Waals surface area contributed by atoms with Crippen LogP contribution in [-0.4, -0.2) is 31.2 Å². The summed E-state index contributed by atoms with van der Waals surface area (Å²) in [6, 6.07) is 15.6. The standard InChI is InChI=1S/C24H27N3/c1-17-9-11-19(12-10-17)26-13-15-27(16-14-26)24-20-6-4-8-22(20)25-23-18(2)5-3-7-21(23)24/h3,5,7,9-12H,4,6,8,13-16H2,1-2H3. The number of rotatable bonds is 2. The number of fused-ring (bicyclic) bond motifs is 2. The lowest BCUT2D eigenvalue weighted by Gasteiger charge is -2.38. The Morgan fingerprint density at radius 1 is 0.815 bits per heavy atom. The minimum Gasteiger partial charge on any atom is -0.368 e. The predicted molar refractivity (Wildman–Crippen MR) is 114 cm³/mol. The number of piperazine rings is 1. The van der Waals surface area contributed by atoms with Gasteiger partial charge in [-0.15, -0.1) is 0 Å². The molecular weight excluding hydrogens is 330 g/mol. The van der Waals surface area contributed by atoms with Gasteiger partial charge in [0.2, 0.25) is 0 Å². The number of pyridine rings is 1. The summed E-state index contributed by atoms with van der Waals surface area (Å²) >= 11 is 0. The third kappa shape index (κ3) is 2.86. The Bertz CT molecular complexity index is 983. The molecule has 2 aliphatic rings. The van der Waals surface area contributed by atoms with E-state index in [1.807, 2.05) is 0 Å². The maximum atomic E-state index is 5.04. The van der Waals surface area contributed by atoms with Crippen molar-refractivity contribution in [2.24, 2.45) is 0 Å². The first kappa shape index (κ1) is 16.6. The van der Waals surface area contributed by atoms with Gasteiger partial charge in [-0.2, -0.15) is 0 Å². The number of para-hydroxylation sites is 1. The van der Waals surface area contributed by atoms with Crippen LogP contribution in [0.3, 0.4) is 0 Å². The third-order valence-electron chi connectivity index (χ3n) is 6.21. The number of nitrogens with zero attached hydrogens (tertiary/aromatic N) is 3. The van der Waals surface area contributed by atoms with E-state index in [0.717, 1.165) is 32.6 Å². The Balaban J connectivity index is 1.48. The molecule has 0 bridgehead atoms. The lowest BCUT2D eigenvalue weighted by Crippen LogP contribution is -2.47. The van der Waals surface area contributed by atoms with Crippen LogP contribution in [0.15, 0.2) is 42.5 Å². The summed E-state index contributed by atoms with van der Waals surface area (Å²) < 4.78 is 0. The lowest BCUT2D eigenvalue weighted by molar-refractivity contribution is 0.653. The minimum atomic E-state index is 1.08. The van der Waals surface area contributed by atoms with E-state index in [-0.39, 0.29) is 0 Å². The number of aryl methyl sites for hydroxylation is 3. The fourth-order valence-electron chi connectivity index (χ4n) is 4.71. The van der Waals surface area contributed by atoms with Crippen LogP contribution in [-0.2, 0) is 12.8 Å². The highest BCUT2D eigenvalue weighted by atomic mass is 15.3. The van der Waals surface area contributed by atoms with Crippen LogP contribution in [0.1, 0.15) is 28.8 Å². The predicted octanol–water partition coefficient (Wildman–Crippen LogP) is 4.67. The molecule has 27 heavy (non-hydrogen) atoms. The molecule has 3 nitrogen and oxygen atoms in total. The maximum Gasteiger partial charge on any atom is 0.0755 e. The normalized spacial score (nSPS) is 16.8. The monoisotopic (exact) mass is 357 g/mol. The summed E-state index contributed by atoms with van der Waals surface area (Å²) in [6.07, 6.45) is 3.56. The van der Waals surface area contributed by atoms with Crippen molar-refractivity contribution in [2.45, 2.75) is 33.1 Å². The van der Waals surface area contributed by atoms with Crippen molar-refractivity contribution in [3.8, 4) is 0 Å². The molecule has 0 atom stereocenters. The Morgan fingerprint density at radius 2 is 1.56 bits per heavy atom. The third-order valence-corrected chi connectivity index (χ3v) is 6.21. The Labute approximate surface area is 161 Å². The molecule has 0 radical (unpaired) electrons. The first-order valence-electron chi connectivity index (χ1n) is 10.2. The Kier molecular flexibility index (Phi) is 4.04. The highest BCUT2D eigenvalue weighted by Crippen LogP contribution is 2.38. The molecule has 2 aromatic carbocycles. The zero-order chi connectivity index (χ0) is 18.4. The molecule has 1 aliphatic heterocycles. The van der Waals surface area contributed by atoms with Crippen molar-refractivity contribution >= 4 is 22.3 Å². The quantitative estimate of drug-likeness (QED) is 0.664. The zero-order valence-corrected chi connectivity index (χ0v) is 16.3. The van der Waals surface area contributed by atoms with Gasteiger partial charge in [-0.25, -0.2) is 0 Å². The maximum absolute atomic E-state index is 5.04. The molecule has 3 aromatic rings. The number of anilines is 2. The van der Waals surface area contributed by atoms with Gasteiger partial charge in [-0.05, 0) is 56.4 Å². The van der Waals surface area contributed by atoms with Crippen LogP contribution in [0.4, 0.5) is 11.4 Å². The second-order valence-electron chi connectivity index (χ2n) is 8.02. The molecule has 1 aromatic heterocycles. The highest BCUT2D eigenvalue weighted by molar-refractivity contribution is 5.96. The Morgan fingerprint density at radius 3 is 2.33 bits per heavy atom. The van der Waals surface area contributed by atoms with E-state index >= 15 is 0 Å².